The van der Waals surface area contributed by atoms with Gasteiger partial charge in [-0.1, -0.05) is 91.1 Å². The van der Waals surface area contributed by atoms with Crippen LogP contribution in [0.25, 0.3) is 0 Å². The molecule has 1 aliphatic heterocycles. The summed E-state index contributed by atoms with van der Waals surface area (Å²) in [6.45, 7) is 14.1. The van der Waals surface area contributed by atoms with E-state index in [4.69, 9.17) is 4.74 Å². The number of esters is 1. The van der Waals surface area contributed by atoms with Crippen LogP contribution >= 0.6 is 0 Å². The molecule has 1 fully saturated rings. The lowest BCUT2D eigenvalue weighted by Gasteiger charge is -2.34. The molecule has 1 saturated heterocycles. The van der Waals surface area contributed by atoms with Crippen molar-refractivity contribution in [2.24, 2.45) is 17.8 Å². The number of ether oxygens (including phenoxy) is 1. The Kier molecular flexibility index (Phi) is 18.8. The van der Waals surface area contributed by atoms with Crippen molar-refractivity contribution in [2.45, 2.75) is 137 Å². The number of cyclic esters (lactones) is 1. The summed E-state index contributed by atoms with van der Waals surface area (Å²) in [7, 11) is 4.37. The van der Waals surface area contributed by atoms with Crippen molar-refractivity contribution in [3.8, 4) is 0 Å². The second kappa shape index (κ2) is 22.2. The first-order valence-electron chi connectivity index (χ1n) is 19.7. The van der Waals surface area contributed by atoms with Crippen LogP contribution in [0.4, 0.5) is 0 Å². The second-order valence-electron chi connectivity index (χ2n) is 16.0. The van der Waals surface area contributed by atoms with E-state index >= 15 is 0 Å². The monoisotopic (exact) mass is 770 g/mol. The summed E-state index contributed by atoms with van der Waals surface area (Å²) in [6.07, 6.45) is 2.25. The fourth-order valence-electron chi connectivity index (χ4n) is 6.60. The third-order valence-electron chi connectivity index (χ3n) is 10.0. The fourth-order valence-corrected chi connectivity index (χ4v) is 6.60. The lowest BCUT2D eigenvalue weighted by atomic mass is 9.94. The lowest BCUT2D eigenvalue weighted by Crippen LogP contribution is -2.59. The first-order chi connectivity index (χ1) is 25.8. The van der Waals surface area contributed by atoms with Gasteiger partial charge in [0.05, 0.1) is 6.54 Å². The zero-order valence-corrected chi connectivity index (χ0v) is 34.8. The molecule has 6 amide bonds. The molecule has 0 aliphatic carbocycles. The topological polar surface area (TPSA) is 175 Å². The Labute approximate surface area is 327 Å². The van der Waals surface area contributed by atoms with Gasteiger partial charge in [-0.25, -0.2) is 4.79 Å². The number of unbranched alkanes of at least 4 members (excludes halogenated alkanes) is 1. The molecule has 0 spiro atoms. The van der Waals surface area contributed by atoms with Gasteiger partial charge in [-0.3, -0.25) is 28.8 Å². The van der Waals surface area contributed by atoms with Gasteiger partial charge in [-0.2, -0.15) is 0 Å². The van der Waals surface area contributed by atoms with Crippen LogP contribution in [0, 0.1) is 17.8 Å². The van der Waals surface area contributed by atoms with Crippen LogP contribution in [-0.4, -0.2) is 120 Å². The summed E-state index contributed by atoms with van der Waals surface area (Å²) in [6, 6.07) is 3.85. The van der Waals surface area contributed by atoms with Crippen molar-refractivity contribution in [1.82, 2.24) is 30.7 Å². The van der Waals surface area contributed by atoms with Gasteiger partial charge in [-0.05, 0) is 56.4 Å². The molecule has 0 saturated carbocycles. The van der Waals surface area contributed by atoms with E-state index in [0.29, 0.717) is 0 Å². The molecule has 14 nitrogen and oxygen atoms in total. The highest BCUT2D eigenvalue weighted by Gasteiger charge is 2.38. The molecule has 55 heavy (non-hydrogen) atoms. The van der Waals surface area contributed by atoms with E-state index in [1.54, 1.807) is 0 Å². The molecule has 0 aromatic heterocycles. The smallest absolute Gasteiger partial charge is 0.329 e. The molecule has 0 bridgehead atoms. The minimum Gasteiger partial charge on any atom is -0.451 e. The minimum atomic E-state index is -1.31. The van der Waals surface area contributed by atoms with Crippen LogP contribution in [0.5, 0.6) is 0 Å². The van der Waals surface area contributed by atoms with E-state index in [9.17, 15) is 33.6 Å². The Balaban J connectivity index is 2.69. The van der Waals surface area contributed by atoms with Gasteiger partial charge < -0.3 is 35.4 Å². The van der Waals surface area contributed by atoms with E-state index in [2.05, 4.69) is 22.9 Å². The van der Waals surface area contributed by atoms with Crippen molar-refractivity contribution in [1.29, 1.82) is 0 Å². The molecular formula is C41H66N6O8. The molecule has 1 aliphatic rings. The highest BCUT2D eigenvalue weighted by Crippen LogP contribution is 2.19. The standard InChI is InChI=1S/C41H66N6O8/c1-12-13-17-27(6)22-33-39(52)46(10)28(7)41(54)55-29(8)36(49)43-31(20-25(2)3)38(51)45(9)24-35(48)42-32(21-26(4)5)40(53)47(11)34(37(50)44-33)23-30-18-15-14-16-19-30/h14-16,18-19,25-29,31-34H,12-13,17,20-24H2,1-11H3,(H,42,48)(H,43,49)(H,44,50)/t27-,28+,29-,31+,32+,33+,34+/m1/s1. The van der Waals surface area contributed by atoms with E-state index < -0.39 is 84.3 Å². The second-order valence-corrected chi connectivity index (χ2v) is 16.0. The highest BCUT2D eigenvalue weighted by molar-refractivity contribution is 5.96. The van der Waals surface area contributed by atoms with E-state index in [-0.39, 0.29) is 43.4 Å². The summed E-state index contributed by atoms with van der Waals surface area (Å²) in [4.78, 5) is 100. The van der Waals surface area contributed by atoms with E-state index in [0.717, 1.165) is 24.8 Å². The minimum absolute atomic E-state index is 0.0233. The summed E-state index contributed by atoms with van der Waals surface area (Å²) < 4.78 is 5.50. The molecule has 2 rings (SSSR count). The number of amides is 6. The fraction of sp³-hybridized carbons (Fsp3) is 0.683. The molecule has 3 N–H and O–H groups in total. The lowest BCUT2D eigenvalue weighted by molar-refractivity contribution is -0.162. The largest absolute Gasteiger partial charge is 0.451 e. The van der Waals surface area contributed by atoms with Crippen molar-refractivity contribution in [2.75, 3.05) is 27.7 Å². The van der Waals surface area contributed by atoms with Crippen molar-refractivity contribution < 1.29 is 38.3 Å². The Morgan fingerprint density at radius 3 is 1.80 bits per heavy atom. The number of carbonyl (C=O) groups excluding carboxylic acids is 7. The maximum absolute atomic E-state index is 14.4. The molecule has 0 unspecified atom stereocenters. The van der Waals surface area contributed by atoms with Crippen LogP contribution in [0.3, 0.4) is 0 Å². The van der Waals surface area contributed by atoms with Crippen LogP contribution < -0.4 is 16.0 Å². The number of carbonyl (C=O) groups is 7. The summed E-state index contributed by atoms with van der Waals surface area (Å²) in [5, 5.41) is 8.40. The average molecular weight is 771 g/mol. The van der Waals surface area contributed by atoms with Gasteiger partial charge in [0.15, 0.2) is 6.10 Å². The Morgan fingerprint density at radius 1 is 0.709 bits per heavy atom. The Hall–Kier alpha value is -4.49. The molecule has 0 radical (unpaired) electrons. The van der Waals surface area contributed by atoms with Gasteiger partial charge in [0.25, 0.3) is 5.91 Å². The summed E-state index contributed by atoms with van der Waals surface area (Å²) >= 11 is 0. The molecule has 14 heteroatoms. The van der Waals surface area contributed by atoms with Gasteiger partial charge in [0.1, 0.15) is 30.2 Å². The number of rotatable bonds is 11. The predicted molar refractivity (Wildman–Crippen MR) is 210 cm³/mol. The number of nitrogens with zero attached hydrogens (tertiary/aromatic N) is 3. The van der Waals surface area contributed by atoms with Crippen LogP contribution in [0.2, 0.25) is 0 Å². The van der Waals surface area contributed by atoms with E-state index in [1.165, 1.54) is 49.7 Å². The molecular weight excluding hydrogens is 704 g/mol. The summed E-state index contributed by atoms with van der Waals surface area (Å²) in [5.74, 6) is -4.35. The third-order valence-corrected chi connectivity index (χ3v) is 10.0. The van der Waals surface area contributed by atoms with Crippen LogP contribution in [0.1, 0.15) is 99.5 Å². The van der Waals surface area contributed by atoms with Crippen LogP contribution in [-0.2, 0) is 44.7 Å². The maximum atomic E-state index is 14.4. The molecule has 1 heterocycles. The van der Waals surface area contributed by atoms with E-state index in [1.807, 2.05) is 65.0 Å². The van der Waals surface area contributed by atoms with Gasteiger partial charge in [-0.15, -0.1) is 0 Å². The average Bonchev–Trinajstić information content (AvgIpc) is 3.12. The zero-order valence-electron chi connectivity index (χ0n) is 34.8. The molecule has 1 aromatic rings. The van der Waals surface area contributed by atoms with Crippen molar-refractivity contribution in [3.05, 3.63) is 35.9 Å². The predicted octanol–water partition coefficient (Wildman–Crippen LogP) is 3.07. The summed E-state index contributed by atoms with van der Waals surface area (Å²) in [5.41, 5.74) is 0.776. The normalized spacial score (nSPS) is 25.3. The Morgan fingerprint density at radius 2 is 1.24 bits per heavy atom. The molecule has 7 atom stereocenters. The number of benzene rings is 1. The first kappa shape index (κ1) is 46.7. The Bertz CT molecular complexity index is 1470. The molecule has 1 aromatic carbocycles. The quantitative estimate of drug-likeness (QED) is 0.288. The number of hydrogen-bond donors (Lipinski definition) is 3. The van der Waals surface area contributed by atoms with Crippen molar-refractivity contribution in [3.63, 3.8) is 0 Å². The van der Waals surface area contributed by atoms with Gasteiger partial charge in [0.2, 0.25) is 29.5 Å². The zero-order chi connectivity index (χ0) is 41.6. The molecule has 308 valence electrons. The van der Waals surface area contributed by atoms with Gasteiger partial charge in [0, 0.05) is 27.6 Å². The maximum Gasteiger partial charge on any atom is 0.329 e. The number of hydrogen-bond acceptors (Lipinski definition) is 8. The van der Waals surface area contributed by atoms with Crippen LogP contribution in [0.15, 0.2) is 30.3 Å². The third kappa shape index (κ3) is 14.6. The SMILES string of the molecule is CCCC[C@@H](C)C[C@@H]1NC(=O)[C@H](Cc2ccccc2)N(C)C(=O)[C@H](CC(C)C)NC(=O)CN(C)C(=O)[C@H](CC(C)C)NC(=O)[C@@H](C)OC(=O)[C@H](C)N(C)C1=O. The number of likely N-dealkylation sites (N-methyl/N-ethyl adjacent to an activating group) is 3. The first-order valence-corrected chi connectivity index (χ1v) is 19.7. The van der Waals surface area contributed by atoms with Crippen molar-refractivity contribution >= 4 is 41.4 Å². The highest BCUT2D eigenvalue weighted by atomic mass is 16.5. The van der Waals surface area contributed by atoms with Gasteiger partial charge >= 0.3 is 5.97 Å². The number of nitrogens with one attached hydrogen (secondary N) is 3.